The number of hydrogen-bond acceptors (Lipinski definition) is 6. The molecular weight excluding hydrogens is 415 g/mol. The van der Waals surface area contributed by atoms with Gasteiger partial charge in [0.15, 0.2) is 5.82 Å². The van der Waals surface area contributed by atoms with Crippen LogP contribution in [0.1, 0.15) is 23.0 Å². The van der Waals surface area contributed by atoms with Gasteiger partial charge >= 0.3 is 5.69 Å². The van der Waals surface area contributed by atoms with Crippen molar-refractivity contribution in [2.45, 2.75) is 20.0 Å². The molecule has 9 nitrogen and oxygen atoms in total. The van der Waals surface area contributed by atoms with E-state index in [1.807, 2.05) is 6.07 Å². The molecule has 1 aliphatic heterocycles. The third-order valence-corrected chi connectivity index (χ3v) is 5.83. The van der Waals surface area contributed by atoms with Crippen molar-refractivity contribution in [2.75, 3.05) is 38.1 Å². The number of nitrogens with one attached hydrogen (secondary N) is 2. The zero-order valence-electron chi connectivity index (χ0n) is 18.0. The van der Waals surface area contributed by atoms with Crippen molar-refractivity contribution in [3.63, 3.8) is 0 Å². The van der Waals surface area contributed by atoms with Gasteiger partial charge in [-0.15, -0.1) is 0 Å². The van der Waals surface area contributed by atoms with E-state index >= 15 is 4.39 Å². The van der Waals surface area contributed by atoms with Crippen LogP contribution in [-0.4, -0.2) is 58.6 Å². The molecule has 2 N–H and O–H groups in total. The molecule has 4 rings (SSSR count). The van der Waals surface area contributed by atoms with Crippen LogP contribution in [0.5, 0.6) is 0 Å². The number of pyridine rings is 1. The van der Waals surface area contributed by atoms with Crippen LogP contribution in [0.25, 0.3) is 10.9 Å². The number of rotatable bonds is 5. The number of benzene rings is 1. The highest BCUT2D eigenvalue weighted by Crippen LogP contribution is 2.20. The number of aromatic nitrogens is 3. The maximum Gasteiger partial charge on any atom is 0.328 e. The third kappa shape index (κ3) is 4.01. The van der Waals surface area contributed by atoms with Gasteiger partial charge in [-0.1, -0.05) is 6.07 Å². The van der Waals surface area contributed by atoms with E-state index in [4.69, 9.17) is 0 Å². The number of H-pyrrole nitrogens is 1. The fourth-order valence-corrected chi connectivity index (χ4v) is 3.98. The molecule has 10 heteroatoms. The van der Waals surface area contributed by atoms with E-state index in [1.54, 1.807) is 38.4 Å². The SMILES string of the molecule is CCn1c(=O)[nH]c2c(F)c(CN3CCN(c4ccc(C(=O)NC)nc4)CC3)ccc2c1=O. The molecule has 168 valence electrons. The first-order valence-corrected chi connectivity index (χ1v) is 10.5. The molecule has 3 heterocycles. The number of aromatic amines is 1. The van der Waals surface area contributed by atoms with Gasteiger partial charge in [-0.25, -0.2) is 14.2 Å². The van der Waals surface area contributed by atoms with Crippen molar-refractivity contribution in [1.29, 1.82) is 0 Å². The smallest absolute Gasteiger partial charge is 0.328 e. The second-order valence-electron chi connectivity index (χ2n) is 7.68. The van der Waals surface area contributed by atoms with Gasteiger partial charge in [-0.2, -0.15) is 0 Å². The van der Waals surface area contributed by atoms with Gasteiger partial charge in [0.2, 0.25) is 0 Å². The highest BCUT2D eigenvalue weighted by Gasteiger charge is 2.20. The van der Waals surface area contributed by atoms with Crippen molar-refractivity contribution < 1.29 is 9.18 Å². The molecule has 0 bridgehead atoms. The Hall–Kier alpha value is -3.53. The summed E-state index contributed by atoms with van der Waals surface area (Å²) >= 11 is 0. The largest absolute Gasteiger partial charge is 0.368 e. The van der Waals surface area contributed by atoms with Gasteiger partial charge in [0.25, 0.3) is 11.5 Å². The molecule has 1 aliphatic rings. The summed E-state index contributed by atoms with van der Waals surface area (Å²) in [6.07, 6.45) is 1.68. The second kappa shape index (κ2) is 8.91. The Morgan fingerprint density at radius 3 is 2.53 bits per heavy atom. The fourth-order valence-electron chi connectivity index (χ4n) is 3.98. The van der Waals surface area contributed by atoms with E-state index in [0.717, 1.165) is 23.3 Å². The summed E-state index contributed by atoms with van der Waals surface area (Å²) in [5.74, 6) is -0.787. The van der Waals surface area contributed by atoms with Gasteiger partial charge in [-0.3, -0.25) is 19.1 Å². The Balaban J connectivity index is 1.46. The zero-order valence-corrected chi connectivity index (χ0v) is 18.0. The molecule has 2 aromatic heterocycles. The standard InChI is InChI=1S/C22H25FN6O3/c1-3-29-21(31)16-6-4-14(18(23)19(16)26-22(29)32)13-27-8-10-28(11-9-27)15-5-7-17(25-12-15)20(30)24-2/h4-7,12H,3,8-11,13H2,1-2H3,(H,24,30)(H,26,32). The highest BCUT2D eigenvalue weighted by atomic mass is 19.1. The predicted molar refractivity (Wildman–Crippen MR) is 120 cm³/mol. The molecule has 32 heavy (non-hydrogen) atoms. The minimum Gasteiger partial charge on any atom is -0.368 e. The van der Waals surface area contributed by atoms with Gasteiger partial charge < -0.3 is 15.2 Å². The first-order valence-electron chi connectivity index (χ1n) is 10.5. The third-order valence-electron chi connectivity index (χ3n) is 5.83. The van der Waals surface area contributed by atoms with Gasteiger partial charge in [-0.05, 0) is 25.1 Å². The van der Waals surface area contributed by atoms with Crippen LogP contribution >= 0.6 is 0 Å². The van der Waals surface area contributed by atoms with E-state index in [-0.39, 0.29) is 23.4 Å². The lowest BCUT2D eigenvalue weighted by Crippen LogP contribution is -2.46. The molecule has 0 saturated carbocycles. The Bertz CT molecular complexity index is 1260. The number of piperazine rings is 1. The van der Waals surface area contributed by atoms with Crippen molar-refractivity contribution in [2.24, 2.45) is 0 Å². The molecule has 1 fully saturated rings. The van der Waals surface area contributed by atoms with Crippen molar-refractivity contribution in [3.05, 3.63) is 68.4 Å². The van der Waals surface area contributed by atoms with Crippen molar-refractivity contribution in [1.82, 2.24) is 24.8 Å². The number of fused-ring (bicyclic) bond motifs is 1. The lowest BCUT2D eigenvalue weighted by molar-refractivity contribution is 0.0958. The van der Waals surface area contributed by atoms with Crippen LogP contribution in [0.15, 0.2) is 40.1 Å². The van der Waals surface area contributed by atoms with E-state index in [2.05, 4.69) is 25.1 Å². The Morgan fingerprint density at radius 1 is 1.16 bits per heavy atom. The Morgan fingerprint density at radius 2 is 1.91 bits per heavy atom. The zero-order chi connectivity index (χ0) is 22.8. The van der Waals surface area contributed by atoms with Crippen LogP contribution in [0.4, 0.5) is 10.1 Å². The number of halogens is 1. The molecule has 0 spiro atoms. The number of carbonyl (C=O) groups excluding carboxylic acids is 1. The highest BCUT2D eigenvalue weighted by molar-refractivity contribution is 5.92. The molecule has 0 atom stereocenters. The average Bonchev–Trinajstić information content (AvgIpc) is 2.81. The van der Waals surface area contributed by atoms with Gasteiger partial charge in [0.05, 0.1) is 22.8 Å². The number of nitrogens with zero attached hydrogens (tertiary/aromatic N) is 4. The topological polar surface area (TPSA) is 103 Å². The molecule has 3 aromatic rings. The van der Waals surface area contributed by atoms with E-state index in [0.29, 0.717) is 30.9 Å². The van der Waals surface area contributed by atoms with Gasteiger partial charge in [0.1, 0.15) is 5.69 Å². The first-order chi connectivity index (χ1) is 15.4. The number of carbonyl (C=O) groups is 1. The number of hydrogen-bond donors (Lipinski definition) is 2. The maximum atomic E-state index is 15.1. The summed E-state index contributed by atoms with van der Waals surface area (Å²) in [5.41, 5.74) is 0.603. The van der Waals surface area contributed by atoms with Crippen LogP contribution in [-0.2, 0) is 13.1 Å². The van der Waals surface area contributed by atoms with Crippen molar-refractivity contribution >= 4 is 22.5 Å². The average molecular weight is 440 g/mol. The summed E-state index contributed by atoms with van der Waals surface area (Å²) in [7, 11) is 1.56. The van der Waals surface area contributed by atoms with Crippen molar-refractivity contribution in [3.8, 4) is 0 Å². The van der Waals surface area contributed by atoms with Gasteiger partial charge in [0, 0.05) is 51.9 Å². The second-order valence-corrected chi connectivity index (χ2v) is 7.68. The Kier molecular flexibility index (Phi) is 6.04. The lowest BCUT2D eigenvalue weighted by atomic mass is 10.1. The fraction of sp³-hybridized carbons (Fsp3) is 0.364. The number of anilines is 1. The summed E-state index contributed by atoms with van der Waals surface area (Å²) in [6.45, 7) is 5.18. The van der Waals surface area contributed by atoms with E-state index < -0.39 is 17.1 Å². The summed E-state index contributed by atoms with van der Waals surface area (Å²) in [6, 6.07) is 6.76. The molecule has 0 unspecified atom stereocenters. The van der Waals surface area contributed by atoms with Crippen LogP contribution in [0.3, 0.4) is 0 Å². The molecule has 1 aromatic carbocycles. The monoisotopic (exact) mass is 440 g/mol. The minimum atomic E-state index is -0.606. The van der Waals surface area contributed by atoms with Crippen LogP contribution in [0.2, 0.25) is 0 Å². The normalized spacial score (nSPS) is 14.7. The summed E-state index contributed by atoms with van der Waals surface area (Å²) < 4.78 is 16.1. The predicted octanol–water partition coefficient (Wildman–Crippen LogP) is 0.926. The quantitative estimate of drug-likeness (QED) is 0.612. The molecule has 1 amide bonds. The molecule has 1 saturated heterocycles. The maximum absolute atomic E-state index is 15.1. The summed E-state index contributed by atoms with van der Waals surface area (Å²) in [5, 5.41) is 2.72. The lowest BCUT2D eigenvalue weighted by Gasteiger charge is -2.36. The van der Waals surface area contributed by atoms with Crippen LogP contribution in [0, 0.1) is 5.82 Å². The Labute approximate surface area is 183 Å². The molecule has 0 aliphatic carbocycles. The van der Waals surface area contributed by atoms with E-state index in [9.17, 15) is 14.4 Å². The summed E-state index contributed by atoms with van der Waals surface area (Å²) in [4.78, 5) is 47.1. The molecule has 0 radical (unpaired) electrons. The minimum absolute atomic E-state index is 0.0388. The molecular formula is C22H25FN6O3. The van der Waals surface area contributed by atoms with E-state index in [1.165, 1.54) is 0 Å². The number of amides is 1. The first kappa shape index (κ1) is 21.7. The van der Waals surface area contributed by atoms with Crippen LogP contribution < -0.4 is 21.5 Å².